The Bertz CT molecular complexity index is 662. The van der Waals surface area contributed by atoms with E-state index in [-0.39, 0.29) is 0 Å². The third kappa shape index (κ3) is 4.00. The molecule has 0 unspecified atom stereocenters. The maximum absolute atomic E-state index is 4.13. The van der Waals surface area contributed by atoms with Crippen molar-refractivity contribution in [3.8, 4) is 11.1 Å². The van der Waals surface area contributed by atoms with E-state index in [1.165, 1.54) is 21.6 Å². The Hall–Kier alpha value is -1.97. The van der Waals surface area contributed by atoms with Gasteiger partial charge in [-0.25, -0.2) is 0 Å². The second-order valence-corrected chi connectivity index (χ2v) is 5.95. The second kappa shape index (κ2) is 7.16. The van der Waals surface area contributed by atoms with Crippen molar-refractivity contribution >= 4 is 11.3 Å². The fourth-order valence-corrected chi connectivity index (χ4v) is 3.11. The van der Waals surface area contributed by atoms with Gasteiger partial charge in [0.1, 0.15) is 0 Å². The minimum Gasteiger partial charge on any atom is -0.312 e. The van der Waals surface area contributed by atoms with Crippen molar-refractivity contribution in [1.82, 2.24) is 10.3 Å². The van der Waals surface area contributed by atoms with Crippen molar-refractivity contribution < 1.29 is 0 Å². The van der Waals surface area contributed by atoms with Crippen molar-refractivity contribution in [2.75, 3.05) is 6.54 Å². The standard InChI is InChI=1S/C18H18N2S/c1-2-6-16(7-3-1)17-11-18(21-14-17)13-20-10-8-15-5-4-9-19-12-15/h1-7,9,11-12,14,20H,8,10,13H2. The zero-order chi connectivity index (χ0) is 14.3. The number of benzene rings is 1. The number of aromatic nitrogens is 1. The van der Waals surface area contributed by atoms with E-state index in [1.54, 1.807) is 0 Å². The Morgan fingerprint density at radius 3 is 2.71 bits per heavy atom. The van der Waals surface area contributed by atoms with E-state index in [0.717, 1.165) is 19.5 Å². The highest BCUT2D eigenvalue weighted by Gasteiger charge is 2.02. The van der Waals surface area contributed by atoms with Gasteiger partial charge in [0.15, 0.2) is 0 Å². The van der Waals surface area contributed by atoms with Gasteiger partial charge in [-0.15, -0.1) is 11.3 Å². The number of rotatable bonds is 6. The number of hydrogen-bond donors (Lipinski definition) is 1. The first-order valence-corrected chi connectivity index (χ1v) is 8.02. The van der Waals surface area contributed by atoms with Gasteiger partial charge >= 0.3 is 0 Å². The Labute approximate surface area is 129 Å². The molecule has 1 N–H and O–H groups in total. The maximum Gasteiger partial charge on any atom is 0.0300 e. The highest BCUT2D eigenvalue weighted by molar-refractivity contribution is 7.10. The van der Waals surface area contributed by atoms with Crippen molar-refractivity contribution in [3.63, 3.8) is 0 Å². The van der Waals surface area contributed by atoms with Crippen LogP contribution in [0.5, 0.6) is 0 Å². The largest absolute Gasteiger partial charge is 0.312 e. The molecule has 3 aromatic rings. The van der Waals surface area contributed by atoms with Crippen LogP contribution in [0.4, 0.5) is 0 Å². The van der Waals surface area contributed by atoms with E-state index < -0.39 is 0 Å². The molecule has 2 heterocycles. The van der Waals surface area contributed by atoms with Gasteiger partial charge in [0.25, 0.3) is 0 Å². The lowest BCUT2D eigenvalue weighted by molar-refractivity contribution is 0.692. The Morgan fingerprint density at radius 1 is 1.00 bits per heavy atom. The Balaban J connectivity index is 1.49. The predicted octanol–water partition coefficient (Wildman–Crippen LogP) is 4.14. The number of nitrogens with zero attached hydrogens (tertiary/aromatic N) is 1. The Morgan fingerprint density at radius 2 is 1.90 bits per heavy atom. The first kappa shape index (κ1) is 14.0. The fourth-order valence-electron chi connectivity index (χ4n) is 2.25. The lowest BCUT2D eigenvalue weighted by atomic mass is 10.1. The van der Waals surface area contributed by atoms with E-state index in [0.29, 0.717) is 0 Å². The summed E-state index contributed by atoms with van der Waals surface area (Å²) in [5.74, 6) is 0. The van der Waals surface area contributed by atoms with E-state index in [4.69, 9.17) is 0 Å². The zero-order valence-electron chi connectivity index (χ0n) is 11.8. The molecule has 2 nitrogen and oxygen atoms in total. The lowest BCUT2D eigenvalue weighted by Crippen LogP contribution is -2.15. The average molecular weight is 294 g/mol. The van der Waals surface area contributed by atoms with Crippen LogP contribution in [0.1, 0.15) is 10.4 Å². The van der Waals surface area contributed by atoms with Gasteiger partial charge in [-0.1, -0.05) is 36.4 Å². The zero-order valence-corrected chi connectivity index (χ0v) is 12.6. The van der Waals surface area contributed by atoms with Crippen LogP contribution < -0.4 is 5.32 Å². The quantitative estimate of drug-likeness (QED) is 0.691. The highest BCUT2D eigenvalue weighted by atomic mass is 32.1. The van der Waals surface area contributed by atoms with Gasteiger partial charge < -0.3 is 5.32 Å². The van der Waals surface area contributed by atoms with Crippen LogP contribution in [-0.4, -0.2) is 11.5 Å². The molecule has 0 saturated carbocycles. The molecule has 0 fully saturated rings. The SMILES string of the molecule is c1ccc(-c2csc(CNCCc3cccnc3)c2)cc1. The summed E-state index contributed by atoms with van der Waals surface area (Å²) in [5, 5.41) is 5.73. The molecule has 3 rings (SSSR count). The number of thiophene rings is 1. The normalized spacial score (nSPS) is 10.7. The van der Waals surface area contributed by atoms with Crippen molar-refractivity contribution in [2.45, 2.75) is 13.0 Å². The summed E-state index contributed by atoms with van der Waals surface area (Å²) < 4.78 is 0. The first-order chi connectivity index (χ1) is 10.4. The van der Waals surface area contributed by atoms with Crippen molar-refractivity contribution in [2.24, 2.45) is 0 Å². The molecule has 0 aliphatic carbocycles. The molecular formula is C18H18N2S. The fraction of sp³-hybridized carbons (Fsp3) is 0.167. The number of pyridine rings is 1. The molecule has 1 aromatic carbocycles. The molecule has 0 bridgehead atoms. The Kier molecular flexibility index (Phi) is 4.77. The van der Waals surface area contributed by atoms with Gasteiger partial charge in [-0.05, 0) is 47.2 Å². The minimum absolute atomic E-state index is 0.928. The van der Waals surface area contributed by atoms with E-state index in [1.807, 2.05) is 29.8 Å². The van der Waals surface area contributed by atoms with Crippen LogP contribution >= 0.6 is 11.3 Å². The second-order valence-electron chi connectivity index (χ2n) is 4.96. The molecule has 2 aromatic heterocycles. The summed E-state index contributed by atoms with van der Waals surface area (Å²) in [6.07, 6.45) is 4.76. The summed E-state index contributed by atoms with van der Waals surface area (Å²) in [4.78, 5) is 5.51. The van der Waals surface area contributed by atoms with Gasteiger partial charge in [-0.3, -0.25) is 4.98 Å². The lowest BCUT2D eigenvalue weighted by Gasteiger charge is -2.03. The monoisotopic (exact) mass is 294 g/mol. The van der Waals surface area contributed by atoms with Crippen LogP contribution in [0.3, 0.4) is 0 Å². The average Bonchev–Trinajstić information content (AvgIpc) is 3.02. The summed E-state index contributed by atoms with van der Waals surface area (Å²) in [6.45, 7) is 1.90. The predicted molar refractivity (Wildman–Crippen MR) is 89.4 cm³/mol. The number of hydrogen-bond acceptors (Lipinski definition) is 3. The van der Waals surface area contributed by atoms with Crippen molar-refractivity contribution in [3.05, 3.63) is 76.7 Å². The summed E-state index contributed by atoms with van der Waals surface area (Å²) >= 11 is 1.82. The molecule has 0 amide bonds. The van der Waals surface area contributed by atoms with Gasteiger partial charge in [0.2, 0.25) is 0 Å². The molecular weight excluding hydrogens is 276 g/mol. The van der Waals surface area contributed by atoms with Crippen LogP contribution in [-0.2, 0) is 13.0 Å². The van der Waals surface area contributed by atoms with E-state index >= 15 is 0 Å². The number of nitrogens with one attached hydrogen (secondary N) is 1. The first-order valence-electron chi connectivity index (χ1n) is 7.14. The molecule has 0 spiro atoms. The van der Waals surface area contributed by atoms with Crippen LogP contribution in [0.2, 0.25) is 0 Å². The molecule has 106 valence electrons. The summed E-state index contributed by atoms with van der Waals surface area (Å²) in [5.41, 5.74) is 3.88. The minimum atomic E-state index is 0.928. The van der Waals surface area contributed by atoms with Gasteiger partial charge in [0.05, 0.1) is 0 Å². The van der Waals surface area contributed by atoms with Crippen LogP contribution in [0.15, 0.2) is 66.3 Å². The van der Waals surface area contributed by atoms with Crippen molar-refractivity contribution in [1.29, 1.82) is 0 Å². The summed E-state index contributed by atoms with van der Waals surface area (Å²) in [6, 6.07) is 16.9. The topological polar surface area (TPSA) is 24.9 Å². The highest BCUT2D eigenvalue weighted by Crippen LogP contribution is 2.25. The molecule has 21 heavy (non-hydrogen) atoms. The molecule has 0 atom stereocenters. The molecule has 0 radical (unpaired) electrons. The van der Waals surface area contributed by atoms with E-state index in [9.17, 15) is 0 Å². The molecule has 0 aliphatic heterocycles. The van der Waals surface area contributed by atoms with E-state index in [2.05, 4.69) is 58.1 Å². The maximum atomic E-state index is 4.13. The molecule has 0 saturated heterocycles. The molecule has 3 heteroatoms. The smallest absolute Gasteiger partial charge is 0.0300 e. The third-order valence-corrected chi connectivity index (χ3v) is 4.31. The van der Waals surface area contributed by atoms with Gasteiger partial charge in [0, 0.05) is 23.8 Å². The van der Waals surface area contributed by atoms with Gasteiger partial charge in [-0.2, -0.15) is 0 Å². The van der Waals surface area contributed by atoms with Crippen LogP contribution in [0, 0.1) is 0 Å². The summed E-state index contributed by atoms with van der Waals surface area (Å²) in [7, 11) is 0. The van der Waals surface area contributed by atoms with Crippen LogP contribution in [0.25, 0.3) is 11.1 Å². The molecule has 0 aliphatic rings. The third-order valence-electron chi connectivity index (χ3n) is 3.37.